The molecular weight excluding hydrogens is 371 g/mol. The van der Waals surface area contributed by atoms with Crippen LogP contribution in [0.2, 0.25) is 0 Å². The number of hydrogen-bond donors (Lipinski definition) is 0. The first-order valence-corrected chi connectivity index (χ1v) is 9.94. The van der Waals surface area contributed by atoms with E-state index >= 15 is 0 Å². The van der Waals surface area contributed by atoms with Crippen molar-refractivity contribution in [2.24, 2.45) is 0 Å². The highest BCUT2D eigenvalue weighted by atomic mass is 32.2. The van der Waals surface area contributed by atoms with Gasteiger partial charge in [-0.05, 0) is 43.7 Å². The second-order valence-corrected chi connectivity index (χ2v) is 7.98. The molecule has 26 heavy (non-hydrogen) atoms. The Balaban J connectivity index is 1.78. The van der Waals surface area contributed by atoms with Gasteiger partial charge in [-0.15, -0.1) is 17.9 Å². The van der Waals surface area contributed by atoms with Crippen molar-refractivity contribution in [3.63, 3.8) is 0 Å². The van der Waals surface area contributed by atoms with Crippen LogP contribution in [0.5, 0.6) is 5.75 Å². The quantitative estimate of drug-likeness (QED) is 0.257. The molecule has 0 bridgehead atoms. The van der Waals surface area contributed by atoms with Crippen LogP contribution in [0, 0.1) is 19.7 Å². The molecule has 4 nitrogen and oxygen atoms in total. The van der Waals surface area contributed by atoms with Crippen LogP contribution in [0.4, 0.5) is 4.39 Å². The van der Waals surface area contributed by atoms with E-state index in [0.29, 0.717) is 35.2 Å². The Hall–Kier alpha value is -2.12. The van der Waals surface area contributed by atoms with Crippen LogP contribution in [0.1, 0.15) is 10.4 Å². The highest BCUT2D eigenvalue weighted by Gasteiger charge is 2.16. The van der Waals surface area contributed by atoms with Crippen LogP contribution < -0.4 is 10.3 Å². The minimum Gasteiger partial charge on any atom is -0.493 e. The van der Waals surface area contributed by atoms with Crippen LogP contribution in [-0.4, -0.2) is 21.9 Å². The van der Waals surface area contributed by atoms with E-state index in [1.807, 2.05) is 13.8 Å². The number of aryl methyl sites for hydroxylation is 2. The van der Waals surface area contributed by atoms with Crippen LogP contribution in [-0.2, 0) is 6.54 Å². The SMILES string of the molecule is C=CCn1c(SCCOc2ccc(F)cc2)nc2sc(C)c(C)c2c1=O. The average Bonchev–Trinajstić information content (AvgIpc) is 2.90. The van der Waals surface area contributed by atoms with Crippen molar-refractivity contribution in [1.29, 1.82) is 0 Å². The fourth-order valence-corrected chi connectivity index (χ4v) is 4.43. The molecule has 0 saturated heterocycles. The van der Waals surface area contributed by atoms with Crippen LogP contribution in [0.3, 0.4) is 0 Å². The molecule has 0 saturated carbocycles. The van der Waals surface area contributed by atoms with Gasteiger partial charge in [0.05, 0.1) is 12.0 Å². The summed E-state index contributed by atoms with van der Waals surface area (Å²) in [6.45, 7) is 8.54. The summed E-state index contributed by atoms with van der Waals surface area (Å²) in [5.41, 5.74) is 0.968. The number of thiophene rings is 1. The lowest BCUT2D eigenvalue weighted by molar-refractivity contribution is 0.343. The number of halogens is 1. The lowest BCUT2D eigenvalue weighted by Crippen LogP contribution is -2.23. The third-order valence-corrected chi connectivity index (χ3v) is 6.00. The lowest BCUT2D eigenvalue weighted by Gasteiger charge is -2.11. The molecule has 3 rings (SSSR count). The van der Waals surface area contributed by atoms with Gasteiger partial charge < -0.3 is 4.74 Å². The summed E-state index contributed by atoms with van der Waals surface area (Å²) in [5.74, 6) is 0.943. The Bertz CT molecular complexity index is 993. The fourth-order valence-electron chi connectivity index (χ4n) is 2.53. The van der Waals surface area contributed by atoms with Gasteiger partial charge in [0.25, 0.3) is 5.56 Å². The van der Waals surface area contributed by atoms with Crippen LogP contribution in [0.15, 0.2) is 46.9 Å². The number of nitrogens with zero attached hydrogens (tertiary/aromatic N) is 2. The number of fused-ring (bicyclic) bond motifs is 1. The summed E-state index contributed by atoms with van der Waals surface area (Å²) in [4.78, 5) is 19.4. The highest BCUT2D eigenvalue weighted by molar-refractivity contribution is 7.99. The molecule has 136 valence electrons. The summed E-state index contributed by atoms with van der Waals surface area (Å²) in [6.07, 6.45) is 1.70. The highest BCUT2D eigenvalue weighted by Crippen LogP contribution is 2.28. The Morgan fingerprint density at radius 2 is 2.08 bits per heavy atom. The predicted octanol–water partition coefficient (Wildman–Crippen LogP) is 4.57. The molecule has 0 radical (unpaired) electrons. The van der Waals surface area contributed by atoms with Crippen LogP contribution in [0.25, 0.3) is 10.2 Å². The topological polar surface area (TPSA) is 44.1 Å². The molecule has 0 N–H and O–H groups in total. The molecule has 0 aliphatic rings. The zero-order valence-corrected chi connectivity index (χ0v) is 16.3. The summed E-state index contributed by atoms with van der Waals surface area (Å²) in [6, 6.07) is 5.91. The second kappa shape index (κ2) is 8.05. The van der Waals surface area contributed by atoms with Crippen molar-refractivity contribution in [2.45, 2.75) is 25.5 Å². The number of thioether (sulfide) groups is 1. The minimum absolute atomic E-state index is 0.0290. The Morgan fingerprint density at radius 1 is 1.35 bits per heavy atom. The molecule has 0 atom stereocenters. The van der Waals surface area contributed by atoms with E-state index in [9.17, 15) is 9.18 Å². The van der Waals surface area contributed by atoms with Gasteiger partial charge in [-0.3, -0.25) is 9.36 Å². The smallest absolute Gasteiger partial charge is 0.263 e. The van der Waals surface area contributed by atoms with Crippen LogP contribution >= 0.6 is 23.1 Å². The van der Waals surface area contributed by atoms with Crippen molar-refractivity contribution in [1.82, 2.24) is 9.55 Å². The Morgan fingerprint density at radius 3 is 2.77 bits per heavy atom. The number of rotatable bonds is 7. The fraction of sp³-hybridized carbons (Fsp3) is 0.263. The number of allylic oxidation sites excluding steroid dienone is 1. The first-order valence-electron chi connectivity index (χ1n) is 8.14. The van der Waals surface area contributed by atoms with E-state index in [-0.39, 0.29) is 11.4 Å². The zero-order chi connectivity index (χ0) is 18.7. The van der Waals surface area contributed by atoms with E-state index in [0.717, 1.165) is 15.3 Å². The third-order valence-electron chi connectivity index (χ3n) is 3.96. The number of hydrogen-bond acceptors (Lipinski definition) is 5. The maximum atomic E-state index is 12.9. The van der Waals surface area contributed by atoms with Crippen molar-refractivity contribution >= 4 is 33.3 Å². The molecule has 7 heteroatoms. The molecule has 0 aliphatic heterocycles. The van der Waals surface area contributed by atoms with Gasteiger partial charge >= 0.3 is 0 Å². The van der Waals surface area contributed by atoms with E-state index in [1.54, 1.807) is 34.1 Å². The van der Waals surface area contributed by atoms with Gasteiger partial charge in [0.15, 0.2) is 5.16 Å². The molecular formula is C19H19FN2O2S2. The number of aromatic nitrogens is 2. The van der Waals surface area contributed by atoms with E-state index in [4.69, 9.17) is 4.74 Å². The predicted molar refractivity (Wildman–Crippen MR) is 106 cm³/mol. The largest absolute Gasteiger partial charge is 0.493 e. The van der Waals surface area contributed by atoms with Crippen molar-refractivity contribution in [3.05, 3.63) is 63.5 Å². The summed E-state index contributed by atoms with van der Waals surface area (Å²) >= 11 is 3.01. The molecule has 0 fully saturated rings. The molecule has 0 aliphatic carbocycles. The van der Waals surface area contributed by atoms with Gasteiger partial charge in [-0.2, -0.15) is 0 Å². The van der Waals surface area contributed by atoms with E-state index in [2.05, 4.69) is 11.6 Å². The molecule has 3 aromatic rings. The lowest BCUT2D eigenvalue weighted by atomic mass is 10.2. The first kappa shape index (κ1) is 18.7. The van der Waals surface area contributed by atoms with Gasteiger partial charge in [0.1, 0.15) is 16.4 Å². The van der Waals surface area contributed by atoms with Gasteiger partial charge in [-0.1, -0.05) is 17.8 Å². The summed E-state index contributed by atoms with van der Waals surface area (Å²) < 4.78 is 20.2. The Kier molecular flexibility index (Phi) is 5.78. The molecule has 0 unspecified atom stereocenters. The zero-order valence-electron chi connectivity index (χ0n) is 14.6. The van der Waals surface area contributed by atoms with Crippen molar-refractivity contribution in [2.75, 3.05) is 12.4 Å². The third kappa shape index (κ3) is 3.83. The van der Waals surface area contributed by atoms with Gasteiger partial charge in [0, 0.05) is 17.2 Å². The van der Waals surface area contributed by atoms with Gasteiger partial charge in [-0.25, -0.2) is 9.37 Å². The molecule has 0 spiro atoms. The number of ether oxygens (including phenoxy) is 1. The summed E-state index contributed by atoms with van der Waals surface area (Å²) in [7, 11) is 0. The summed E-state index contributed by atoms with van der Waals surface area (Å²) in [5, 5.41) is 1.35. The number of benzene rings is 1. The standard InChI is InChI=1S/C19H19FN2O2S2/c1-4-9-22-18(23)16-12(2)13(3)26-17(16)21-19(22)25-11-10-24-15-7-5-14(20)6-8-15/h4-8H,1,9-11H2,2-3H3. The minimum atomic E-state index is -0.292. The maximum Gasteiger partial charge on any atom is 0.263 e. The normalized spacial score (nSPS) is 11.0. The Labute approximate surface area is 159 Å². The van der Waals surface area contributed by atoms with Crippen molar-refractivity contribution < 1.29 is 9.13 Å². The van der Waals surface area contributed by atoms with E-state index < -0.39 is 0 Å². The maximum absolute atomic E-state index is 12.9. The molecule has 2 aromatic heterocycles. The molecule has 2 heterocycles. The van der Waals surface area contributed by atoms with Gasteiger partial charge in [0.2, 0.25) is 0 Å². The van der Waals surface area contributed by atoms with Crippen molar-refractivity contribution in [3.8, 4) is 5.75 Å². The molecule has 0 amide bonds. The second-order valence-electron chi connectivity index (χ2n) is 5.71. The average molecular weight is 391 g/mol. The van der Waals surface area contributed by atoms with E-state index in [1.165, 1.54) is 23.9 Å². The molecule has 1 aromatic carbocycles. The monoisotopic (exact) mass is 390 g/mol. The first-order chi connectivity index (χ1) is 12.5.